The molecule has 2 nitrogen and oxygen atoms in total. The lowest BCUT2D eigenvalue weighted by molar-refractivity contribution is 0.0960. The third-order valence-corrected chi connectivity index (χ3v) is 3.43. The Hall–Kier alpha value is -1.15. The minimum Gasteiger partial charge on any atom is -0.325 e. The third kappa shape index (κ3) is 3.16. The Kier molecular flexibility index (Phi) is 3.34. The normalized spacial score (nSPS) is 16.6. The molecule has 17 heavy (non-hydrogen) atoms. The van der Waals surface area contributed by atoms with Crippen LogP contribution in [0.25, 0.3) is 0 Å². The molecule has 2 rings (SSSR count). The van der Waals surface area contributed by atoms with Crippen LogP contribution in [0.4, 0.5) is 0 Å². The average Bonchev–Trinajstić information content (AvgIpc) is 2.13. The van der Waals surface area contributed by atoms with E-state index >= 15 is 0 Å². The Morgan fingerprint density at radius 2 is 1.88 bits per heavy atom. The highest BCUT2D eigenvalue weighted by molar-refractivity contribution is 5.96. The molecule has 1 aromatic carbocycles. The minimum atomic E-state index is -0.427. The molecule has 0 aromatic heterocycles. The lowest BCUT2D eigenvalue weighted by Crippen LogP contribution is -2.34. The fourth-order valence-corrected chi connectivity index (χ4v) is 2.20. The Labute approximate surface area is 103 Å². The average molecular weight is 231 g/mol. The number of carbonyl (C=O) groups excluding carboxylic acids is 1. The maximum absolute atomic E-state index is 11.9. The van der Waals surface area contributed by atoms with Gasteiger partial charge in [0.15, 0.2) is 5.78 Å². The van der Waals surface area contributed by atoms with E-state index in [9.17, 15) is 4.79 Å². The molecule has 0 bridgehead atoms. The molecule has 1 saturated carbocycles. The second kappa shape index (κ2) is 4.61. The molecular weight excluding hydrogens is 210 g/mol. The zero-order valence-corrected chi connectivity index (χ0v) is 10.7. The quantitative estimate of drug-likeness (QED) is 0.808. The summed E-state index contributed by atoms with van der Waals surface area (Å²) in [5.41, 5.74) is 7.59. The summed E-state index contributed by atoms with van der Waals surface area (Å²) in [5, 5.41) is 0. The lowest BCUT2D eigenvalue weighted by atomic mass is 9.80. The fraction of sp³-hybridized carbons (Fsp3) is 0.533. The van der Waals surface area contributed by atoms with Crippen molar-refractivity contribution in [3.63, 3.8) is 0 Å². The highest BCUT2D eigenvalue weighted by atomic mass is 16.1. The Balaban J connectivity index is 2.04. The van der Waals surface area contributed by atoms with Crippen molar-refractivity contribution in [3.8, 4) is 0 Å². The van der Waals surface area contributed by atoms with E-state index in [1.54, 1.807) is 0 Å². The van der Waals surface area contributed by atoms with Gasteiger partial charge in [-0.05, 0) is 38.2 Å². The first-order valence-corrected chi connectivity index (χ1v) is 6.38. The molecule has 1 aliphatic rings. The maximum atomic E-state index is 11.9. The van der Waals surface area contributed by atoms with E-state index in [-0.39, 0.29) is 5.78 Å². The zero-order valence-electron chi connectivity index (χ0n) is 10.7. The summed E-state index contributed by atoms with van der Waals surface area (Å²) in [7, 11) is 0. The van der Waals surface area contributed by atoms with Crippen LogP contribution in [0.3, 0.4) is 0 Å². The van der Waals surface area contributed by atoms with Gasteiger partial charge in [-0.1, -0.05) is 30.7 Å². The molecule has 1 fully saturated rings. The standard InChI is InChI=1S/C15H21NO/c1-15(2,16)10-14(17)13-8-6-12(7-9-13)11-4-3-5-11/h6-9,11H,3-5,10,16H2,1-2H3. The van der Waals surface area contributed by atoms with Crippen molar-refractivity contribution in [2.45, 2.75) is 51.0 Å². The van der Waals surface area contributed by atoms with Crippen molar-refractivity contribution in [1.29, 1.82) is 0 Å². The van der Waals surface area contributed by atoms with Crippen molar-refractivity contribution in [3.05, 3.63) is 35.4 Å². The van der Waals surface area contributed by atoms with Crippen LogP contribution < -0.4 is 5.73 Å². The number of carbonyl (C=O) groups is 1. The summed E-state index contributed by atoms with van der Waals surface area (Å²) in [5.74, 6) is 0.864. The second-order valence-corrected chi connectivity index (χ2v) is 5.84. The number of ketones is 1. The second-order valence-electron chi connectivity index (χ2n) is 5.84. The monoisotopic (exact) mass is 231 g/mol. The van der Waals surface area contributed by atoms with Crippen molar-refractivity contribution in [2.24, 2.45) is 5.73 Å². The van der Waals surface area contributed by atoms with Crippen molar-refractivity contribution in [1.82, 2.24) is 0 Å². The topological polar surface area (TPSA) is 43.1 Å². The van der Waals surface area contributed by atoms with Gasteiger partial charge in [-0.25, -0.2) is 0 Å². The molecule has 0 heterocycles. The zero-order chi connectivity index (χ0) is 12.5. The van der Waals surface area contributed by atoms with Crippen LogP contribution in [0.2, 0.25) is 0 Å². The first-order valence-electron chi connectivity index (χ1n) is 6.38. The van der Waals surface area contributed by atoms with Crippen LogP contribution in [0, 0.1) is 0 Å². The number of nitrogens with two attached hydrogens (primary N) is 1. The Bertz CT molecular complexity index is 396. The number of benzene rings is 1. The molecule has 0 amide bonds. The molecule has 0 saturated heterocycles. The van der Waals surface area contributed by atoms with Crippen LogP contribution in [-0.2, 0) is 0 Å². The lowest BCUT2D eigenvalue weighted by Gasteiger charge is -2.25. The van der Waals surface area contributed by atoms with Crippen LogP contribution >= 0.6 is 0 Å². The predicted molar refractivity (Wildman–Crippen MR) is 70.2 cm³/mol. The van der Waals surface area contributed by atoms with Crippen molar-refractivity contribution in [2.75, 3.05) is 0 Å². The van der Waals surface area contributed by atoms with Crippen LogP contribution in [0.1, 0.15) is 61.4 Å². The number of rotatable bonds is 4. The van der Waals surface area contributed by atoms with Gasteiger partial charge >= 0.3 is 0 Å². The molecule has 0 aliphatic heterocycles. The number of Topliss-reactive ketones (excluding diaryl/α,β-unsaturated/α-hetero) is 1. The van der Waals surface area contributed by atoms with E-state index in [0.29, 0.717) is 6.42 Å². The van der Waals surface area contributed by atoms with Gasteiger partial charge < -0.3 is 5.73 Å². The van der Waals surface area contributed by atoms with Gasteiger partial charge in [0.1, 0.15) is 0 Å². The van der Waals surface area contributed by atoms with Gasteiger partial charge in [-0.2, -0.15) is 0 Å². The smallest absolute Gasteiger partial charge is 0.164 e. The van der Waals surface area contributed by atoms with Gasteiger partial charge in [0.2, 0.25) is 0 Å². The van der Waals surface area contributed by atoms with Gasteiger partial charge in [-0.3, -0.25) is 4.79 Å². The van der Waals surface area contributed by atoms with Crippen molar-refractivity contribution < 1.29 is 4.79 Å². The first-order chi connectivity index (χ1) is 7.96. The summed E-state index contributed by atoms with van der Waals surface area (Å²) < 4.78 is 0. The molecule has 1 aromatic rings. The van der Waals surface area contributed by atoms with E-state index in [1.165, 1.54) is 24.8 Å². The van der Waals surface area contributed by atoms with Crippen LogP contribution in [-0.4, -0.2) is 11.3 Å². The van der Waals surface area contributed by atoms with Gasteiger partial charge in [-0.15, -0.1) is 0 Å². The maximum Gasteiger partial charge on any atom is 0.164 e. The van der Waals surface area contributed by atoms with E-state index in [0.717, 1.165) is 11.5 Å². The van der Waals surface area contributed by atoms with Gasteiger partial charge in [0.05, 0.1) is 0 Å². The highest BCUT2D eigenvalue weighted by Gasteiger charge is 2.20. The Morgan fingerprint density at radius 1 is 1.29 bits per heavy atom. The molecule has 2 N–H and O–H groups in total. The molecular formula is C15H21NO. The van der Waals surface area contributed by atoms with Gasteiger partial charge in [0, 0.05) is 17.5 Å². The van der Waals surface area contributed by atoms with Gasteiger partial charge in [0.25, 0.3) is 0 Å². The van der Waals surface area contributed by atoms with E-state index < -0.39 is 5.54 Å². The van der Waals surface area contributed by atoms with Crippen LogP contribution in [0.5, 0.6) is 0 Å². The first kappa shape index (κ1) is 12.3. The molecule has 0 atom stereocenters. The summed E-state index contributed by atoms with van der Waals surface area (Å²) >= 11 is 0. The number of hydrogen-bond donors (Lipinski definition) is 1. The number of hydrogen-bond acceptors (Lipinski definition) is 2. The molecule has 1 aliphatic carbocycles. The molecule has 92 valence electrons. The van der Waals surface area contributed by atoms with E-state index in [2.05, 4.69) is 12.1 Å². The predicted octanol–water partition coefficient (Wildman–Crippen LogP) is 3.26. The Morgan fingerprint density at radius 3 is 2.29 bits per heavy atom. The van der Waals surface area contributed by atoms with E-state index in [4.69, 9.17) is 5.73 Å². The summed E-state index contributed by atoms with van der Waals surface area (Å²) in [6, 6.07) is 8.09. The molecule has 2 heteroatoms. The SMILES string of the molecule is CC(C)(N)CC(=O)c1ccc(C2CCC2)cc1. The summed E-state index contributed by atoms with van der Waals surface area (Å²) in [6.07, 6.45) is 4.33. The van der Waals surface area contributed by atoms with Crippen molar-refractivity contribution >= 4 is 5.78 Å². The largest absolute Gasteiger partial charge is 0.325 e. The third-order valence-electron chi connectivity index (χ3n) is 3.43. The van der Waals surface area contributed by atoms with E-state index in [1.807, 2.05) is 26.0 Å². The molecule has 0 radical (unpaired) electrons. The summed E-state index contributed by atoms with van der Waals surface area (Å²) in [6.45, 7) is 3.77. The fourth-order valence-electron chi connectivity index (χ4n) is 2.20. The summed E-state index contributed by atoms with van der Waals surface area (Å²) in [4.78, 5) is 11.9. The van der Waals surface area contributed by atoms with Crippen LogP contribution in [0.15, 0.2) is 24.3 Å². The molecule has 0 unspecified atom stereocenters. The molecule has 0 spiro atoms. The highest BCUT2D eigenvalue weighted by Crippen LogP contribution is 2.36. The minimum absolute atomic E-state index is 0.137.